The molecule has 0 spiro atoms. The summed E-state index contributed by atoms with van der Waals surface area (Å²) < 4.78 is 32.4. The number of benzene rings is 2. The zero-order valence-corrected chi connectivity index (χ0v) is 19.0. The lowest BCUT2D eigenvalue weighted by atomic mass is 10.2. The number of thioether (sulfide) groups is 1. The molecule has 2 aromatic rings. The van der Waals surface area contributed by atoms with Crippen LogP contribution in [0.2, 0.25) is 0 Å². The Balaban J connectivity index is 1.60. The van der Waals surface area contributed by atoms with Crippen molar-refractivity contribution in [1.29, 1.82) is 0 Å². The van der Waals surface area contributed by atoms with Gasteiger partial charge in [0.1, 0.15) is 5.75 Å². The minimum Gasteiger partial charge on any atom is -0.497 e. The van der Waals surface area contributed by atoms with Crippen molar-refractivity contribution in [3.05, 3.63) is 48.5 Å². The lowest BCUT2D eigenvalue weighted by Crippen LogP contribution is -2.31. The molecule has 3 rings (SSSR count). The number of hydrogen-bond acceptors (Lipinski definition) is 5. The first kappa shape index (κ1) is 22.7. The number of nitrogens with one attached hydrogen (secondary N) is 1. The van der Waals surface area contributed by atoms with E-state index in [4.69, 9.17) is 4.74 Å². The number of carbonyl (C=O) groups excluding carboxylic acids is 1. The Morgan fingerprint density at radius 1 is 1.00 bits per heavy atom. The van der Waals surface area contributed by atoms with Gasteiger partial charge in [-0.25, -0.2) is 8.42 Å². The van der Waals surface area contributed by atoms with E-state index in [0.29, 0.717) is 18.8 Å². The van der Waals surface area contributed by atoms with Crippen molar-refractivity contribution in [2.24, 2.45) is 0 Å². The van der Waals surface area contributed by atoms with Crippen molar-refractivity contribution in [2.75, 3.05) is 25.5 Å². The summed E-state index contributed by atoms with van der Waals surface area (Å²) in [6.45, 7) is 2.98. The summed E-state index contributed by atoms with van der Waals surface area (Å²) in [6.07, 6.45) is 3.95. The highest BCUT2D eigenvalue weighted by atomic mass is 32.2. The van der Waals surface area contributed by atoms with Crippen molar-refractivity contribution in [1.82, 2.24) is 4.31 Å². The predicted molar refractivity (Wildman–Crippen MR) is 121 cm³/mol. The molecule has 30 heavy (non-hydrogen) atoms. The van der Waals surface area contributed by atoms with Crippen molar-refractivity contribution >= 4 is 33.4 Å². The van der Waals surface area contributed by atoms with E-state index in [2.05, 4.69) is 5.32 Å². The Hall–Kier alpha value is -2.03. The highest BCUT2D eigenvalue weighted by Crippen LogP contribution is 2.27. The molecule has 0 bridgehead atoms. The standard InChI is InChI=1S/C22H28N2O4S2/c1-17(29-20-11-9-19(28-2)10-12-20)22(25)23-18-7-13-21(14-8-18)30(26,27)24-15-5-3-4-6-16-24/h7-14,17H,3-6,15-16H2,1-2H3,(H,23,25)/t17-/m0/s1. The quantitative estimate of drug-likeness (QED) is 0.636. The highest BCUT2D eigenvalue weighted by molar-refractivity contribution is 8.00. The zero-order chi connectivity index (χ0) is 21.6. The van der Waals surface area contributed by atoms with E-state index in [-0.39, 0.29) is 16.1 Å². The third kappa shape index (κ3) is 5.77. The maximum absolute atomic E-state index is 12.9. The molecule has 0 saturated carbocycles. The van der Waals surface area contributed by atoms with Crippen LogP contribution in [0.25, 0.3) is 0 Å². The third-order valence-corrected chi connectivity index (χ3v) is 8.09. The number of methoxy groups -OCH3 is 1. The summed E-state index contributed by atoms with van der Waals surface area (Å²) in [5.74, 6) is 0.630. The lowest BCUT2D eigenvalue weighted by molar-refractivity contribution is -0.115. The molecule has 1 amide bonds. The maximum atomic E-state index is 12.9. The molecule has 1 aliphatic rings. The Morgan fingerprint density at radius 2 is 1.60 bits per heavy atom. The first-order valence-electron chi connectivity index (χ1n) is 10.1. The lowest BCUT2D eigenvalue weighted by Gasteiger charge is -2.20. The number of hydrogen-bond donors (Lipinski definition) is 1. The van der Waals surface area contributed by atoms with E-state index in [1.54, 1.807) is 35.7 Å². The first-order valence-corrected chi connectivity index (χ1v) is 12.4. The van der Waals surface area contributed by atoms with Gasteiger partial charge in [-0.15, -0.1) is 11.8 Å². The average molecular weight is 449 g/mol. The Morgan fingerprint density at radius 3 is 2.17 bits per heavy atom. The van der Waals surface area contributed by atoms with Gasteiger partial charge in [-0.3, -0.25) is 4.79 Å². The smallest absolute Gasteiger partial charge is 0.243 e. The molecule has 1 N–H and O–H groups in total. The van der Waals surface area contributed by atoms with Crippen LogP contribution in [0.15, 0.2) is 58.3 Å². The second-order valence-electron chi connectivity index (χ2n) is 7.27. The molecule has 0 unspecified atom stereocenters. The summed E-state index contributed by atoms with van der Waals surface area (Å²) in [6, 6.07) is 14.0. The molecule has 6 nitrogen and oxygen atoms in total. The molecular weight excluding hydrogens is 420 g/mol. The van der Waals surface area contributed by atoms with E-state index < -0.39 is 10.0 Å². The number of carbonyl (C=O) groups is 1. The average Bonchev–Trinajstić information content (AvgIpc) is 3.05. The van der Waals surface area contributed by atoms with Crippen LogP contribution in [0.3, 0.4) is 0 Å². The summed E-state index contributed by atoms with van der Waals surface area (Å²) >= 11 is 1.45. The fourth-order valence-corrected chi connectivity index (χ4v) is 5.68. The molecule has 0 aromatic heterocycles. The van der Waals surface area contributed by atoms with Gasteiger partial charge in [-0.1, -0.05) is 12.8 Å². The third-order valence-electron chi connectivity index (χ3n) is 5.07. The van der Waals surface area contributed by atoms with Crippen molar-refractivity contribution in [3.8, 4) is 5.75 Å². The van der Waals surface area contributed by atoms with Crippen LogP contribution < -0.4 is 10.1 Å². The fourth-order valence-electron chi connectivity index (χ4n) is 3.30. The summed E-state index contributed by atoms with van der Waals surface area (Å²) in [7, 11) is -1.87. The van der Waals surface area contributed by atoms with Gasteiger partial charge in [-0.05, 0) is 68.3 Å². The molecule has 1 saturated heterocycles. The Kier molecular flexibility index (Phi) is 7.80. The number of amides is 1. The van der Waals surface area contributed by atoms with Gasteiger partial charge in [-0.2, -0.15) is 4.31 Å². The van der Waals surface area contributed by atoms with Gasteiger partial charge in [0, 0.05) is 23.7 Å². The summed E-state index contributed by atoms with van der Waals surface area (Å²) in [5.41, 5.74) is 0.581. The van der Waals surface area contributed by atoms with E-state index >= 15 is 0 Å². The van der Waals surface area contributed by atoms with Crippen LogP contribution in [0.5, 0.6) is 5.75 Å². The van der Waals surface area contributed by atoms with Crippen LogP contribution in [-0.4, -0.2) is 44.1 Å². The topological polar surface area (TPSA) is 75.7 Å². The van der Waals surface area contributed by atoms with E-state index in [1.807, 2.05) is 31.2 Å². The SMILES string of the molecule is COc1ccc(S[C@@H](C)C(=O)Nc2ccc(S(=O)(=O)N3CCCCCC3)cc2)cc1. The molecule has 2 aromatic carbocycles. The monoisotopic (exact) mass is 448 g/mol. The molecular formula is C22H28N2O4S2. The van der Waals surface area contributed by atoms with E-state index in [0.717, 1.165) is 36.3 Å². The van der Waals surface area contributed by atoms with Crippen molar-refractivity contribution < 1.29 is 17.9 Å². The molecule has 1 aliphatic heterocycles. The van der Waals surface area contributed by atoms with E-state index in [1.165, 1.54) is 11.8 Å². The number of ether oxygens (including phenoxy) is 1. The highest BCUT2D eigenvalue weighted by Gasteiger charge is 2.25. The number of nitrogens with zero attached hydrogens (tertiary/aromatic N) is 1. The molecule has 1 heterocycles. The van der Waals surface area contributed by atoms with Crippen LogP contribution >= 0.6 is 11.8 Å². The molecule has 162 valence electrons. The largest absolute Gasteiger partial charge is 0.497 e. The Bertz CT molecular complexity index is 936. The molecule has 8 heteroatoms. The summed E-state index contributed by atoms with van der Waals surface area (Å²) in [4.78, 5) is 13.8. The Labute approximate surface area is 183 Å². The van der Waals surface area contributed by atoms with Gasteiger partial charge in [0.2, 0.25) is 15.9 Å². The zero-order valence-electron chi connectivity index (χ0n) is 17.3. The van der Waals surface area contributed by atoms with Crippen LogP contribution in [0.4, 0.5) is 5.69 Å². The molecule has 0 radical (unpaired) electrons. The van der Waals surface area contributed by atoms with Gasteiger partial charge in [0.05, 0.1) is 17.3 Å². The maximum Gasteiger partial charge on any atom is 0.243 e. The number of rotatable bonds is 7. The van der Waals surface area contributed by atoms with Gasteiger partial charge in [0.15, 0.2) is 0 Å². The van der Waals surface area contributed by atoms with Crippen LogP contribution in [0.1, 0.15) is 32.6 Å². The van der Waals surface area contributed by atoms with Crippen LogP contribution in [-0.2, 0) is 14.8 Å². The van der Waals surface area contributed by atoms with Gasteiger partial charge >= 0.3 is 0 Å². The fraction of sp³-hybridized carbons (Fsp3) is 0.409. The number of sulfonamides is 1. The van der Waals surface area contributed by atoms with Gasteiger partial charge in [0.25, 0.3) is 0 Å². The first-order chi connectivity index (χ1) is 14.4. The van der Waals surface area contributed by atoms with Crippen molar-refractivity contribution in [2.45, 2.75) is 47.6 Å². The van der Waals surface area contributed by atoms with E-state index in [9.17, 15) is 13.2 Å². The second-order valence-corrected chi connectivity index (χ2v) is 10.6. The minimum absolute atomic E-state index is 0.140. The second kappa shape index (κ2) is 10.3. The molecule has 0 aliphatic carbocycles. The van der Waals surface area contributed by atoms with Crippen LogP contribution in [0, 0.1) is 0 Å². The molecule has 1 atom stereocenters. The predicted octanol–water partition coefficient (Wildman–Crippen LogP) is 4.38. The number of anilines is 1. The normalized spacial score (nSPS) is 16.5. The van der Waals surface area contributed by atoms with Gasteiger partial charge < -0.3 is 10.1 Å². The van der Waals surface area contributed by atoms with Crippen molar-refractivity contribution in [3.63, 3.8) is 0 Å². The minimum atomic E-state index is -3.49. The molecule has 1 fully saturated rings. The summed E-state index contributed by atoms with van der Waals surface area (Å²) in [5, 5.41) is 2.55.